The molecule has 4 heteroatoms. The normalized spacial score (nSPS) is 10.2. The van der Waals surface area contributed by atoms with Crippen LogP contribution in [-0.4, -0.2) is 10.2 Å². The first-order valence-electron chi connectivity index (χ1n) is 4.31. The van der Waals surface area contributed by atoms with Crippen LogP contribution in [0.3, 0.4) is 0 Å². The van der Waals surface area contributed by atoms with Crippen LogP contribution in [0.25, 0.3) is 5.83 Å². The number of aryl methyl sites for hydroxylation is 1. The zero-order chi connectivity index (χ0) is 9.84. The second-order valence-corrected chi connectivity index (χ2v) is 3.06. The van der Waals surface area contributed by atoms with Crippen molar-refractivity contribution in [1.29, 1.82) is 0 Å². The molecule has 0 spiro atoms. The summed E-state index contributed by atoms with van der Waals surface area (Å²) in [6.07, 6.45) is 1.61. The summed E-state index contributed by atoms with van der Waals surface area (Å²) in [5.41, 5.74) is 0.548. The largest absolute Gasteiger partial charge is 0.419 e. The van der Waals surface area contributed by atoms with Crippen molar-refractivity contribution >= 4 is 5.83 Å². The van der Waals surface area contributed by atoms with Gasteiger partial charge in [-0.2, -0.15) is 0 Å². The first kappa shape index (κ1) is 9.89. The van der Waals surface area contributed by atoms with Crippen molar-refractivity contribution in [1.82, 2.24) is 10.2 Å². The molecule has 0 bridgehead atoms. The van der Waals surface area contributed by atoms with Gasteiger partial charge in [0.1, 0.15) is 0 Å². The number of hydrogen-bond acceptors (Lipinski definition) is 3. The summed E-state index contributed by atoms with van der Waals surface area (Å²) in [5.74, 6) is 0.0622. The Morgan fingerprint density at radius 3 is 2.62 bits per heavy atom. The molecule has 0 fully saturated rings. The maximum atomic E-state index is 13.2. The number of rotatable bonds is 3. The van der Waals surface area contributed by atoms with Crippen LogP contribution in [0.15, 0.2) is 9.99 Å². The molecule has 0 aliphatic carbocycles. The van der Waals surface area contributed by atoms with Gasteiger partial charge in [0.05, 0.1) is 0 Å². The van der Waals surface area contributed by atoms with Crippen molar-refractivity contribution < 1.29 is 8.81 Å². The Morgan fingerprint density at radius 2 is 2.08 bits per heavy atom. The van der Waals surface area contributed by atoms with E-state index in [1.165, 1.54) is 0 Å². The van der Waals surface area contributed by atoms with Crippen molar-refractivity contribution in [2.24, 2.45) is 0 Å². The van der Waals surface area contributed by atoms with Gasteiger partial charge in [-0.3, -0.25) is 0 Å². The summed E-state index contributed by atoms with van der Waals surface area (Å²) in [5, 5.41) is 7.32. The lowest BCUT2D eigenvalue weighted by Crippen LogP contribution is -1.80. The molecule has 1 rings (SSSR count). The average molecular weight is 184 g/mol. The minimum Gasteiger partial charge on any atom is -0.419 e. The Morgan fingerprint density at radius 1 is 1.38 bits per heavy atom. The van der Waals surface area contributed by atoms with Crippen LogP contribution in [-0.2, 0) is 6.42 Å². The lowest BCUT2D eigenvalue weighted by atomic mass is 10.3. The molecule has 0 N–H and O–H groups in total. The van der Waals surface area contributed by atoms with Gasteiger partial charge in [0, 0.05) is 6.42 Å². The van der Waals surface area contributed by atoms with E-state index in [1.54, 1.807) is 13.8 Å². The van der Waals surface area contributed by atoms with Gasteiger partial charge in [-0.15, -0.1) is 10.2 Å². The van der Waals surface area contributed by atoms with Gasteiger partial charge in [-0.1, -0.05) is 6.92 Å². The van der Waals surface area contributed by atoms with Crippen molar-refractivity contribution in [3.05, 3.63) is 17.4 Å². The van der Waals surface area contributed by atoms with Crippen LogP contribution in [0, 0.1) is 0 Å². The fourth-order valence-electron chi connectivity index (χ4n) is 0.871. The smallest absolute Gasteiger partial charge is 0.276 e. The zero-order valence-electron chi connectivity index (χ0n) is 8.09. The Balaban J connectivity index is 2.86. The Kier molecular flexibility index (Phi) is 3.17. The third-order valence-corrected chi connectivity index (χ3v) is 1.56. The predicted molar refractivity (Wildman–Crippen MR) is 47.7 cm³/mol. The zero-order valence-corrected chi connectivity index (χ0v) is 8.09. The Hall–Kier alpha value is -1.19. The SMILES string of the molecule is CCCc1nnc(C(F)=C(C)C)o1. The van der Waals surface area contributed by atoms with Crippen molar-refractivity contribution in [3.8, 4) is 0 Å². The predicted octanol–water partition coefficient (Wildman–Crippen LogP) is 2.74. The quantitative estimate of drug-likeness (QED) is 0.725. The second kappa shape index (κ2) is 4.16. The summed E-state index contributed by atoms with van der Waals surface area (Å²) >= 11 is 0. The molecule has 1 heterocycles. The molecule has 1 aromatic rings. The van der Waals surface area contributed by atoms with Gasteiger partial charge >= 0.3 is 0 Å². The molecule has 0 saturated carbocycles. The topological polar surface area (TPSA) is 38.9 Å². The van der Waals surface area contributed by atoms with E-state index in [4.69, 9.17) is 4.42 Å². The fourth-order valence-corrected chi connectivity index (χ4v) is 0.871. The molecule has 0 atom stereocenters. The molecule has 13 heavy (non-hydrogen) atoms. The van der Waals surface area contributed by atoms with Gasteiger partial charge in [-0.05, 0) is 25.8 Å². The molecule has 0 amide bonds. The number of nitrogens with zero attached hydrogens (tertiary/aromatic N) is 2. The van der Waals surface area contributed by atoms with Gasteiger partial charge in [-0.25, -0.2) is 4.39 Å². The van der Waals surface area contributed by atoms with E-state index in [-0.39, 0.29) is 5.89 Å². The van der Waals surface area contributed by atoms with E-state index in [9.17, 15) is 4.39 Å². The van der Waals surface area contributed by atoms with E-state index >= 15 is 0 Å². The number of allylic oxidation sites excluding steroid dienone is 1. The van der Waals surface area contributed by atoms with E-state index in [2.05, 4.69) is 10.2 Å². The highest BCUT2D eigenvalue weighted by Gasteiger charge is 2.11. The minimum absolute atomic E-state index is 0.0107. The van der Waals surface area contributed by atoms with E-state index < -0.39 is 5.83 Å². The monoisotopic (exact) mass is 184 g/mol. The summed E-state index contributed by atoms with van der Waals surface area (Å²) < 4.78 is 18.3. The summed E-state index contributed by atoms with van der Waals surface area (Å²) in [6, 6.07) is 0. The Bertz CT molecular complexity index is 313. The number of aromatic nitrogens is 2. The van der Waals surface area contributed by atoms with Crippen LogP contribution in [0.2, 0.25) is 0 Å². The first-order valence-corrected chi connectivity index (χ1v) is 4.31. The highest BCUT2D eigenvalue weighted by molar-refractivity contribution is 5.52. The van der Waals surface area contributed by atoms with Gasteiger partial charge in [0.2, 0.25) is 5.89 Å². The van der Waals surface area contributed by atoms with E-state index in [1.807, 2.05) is 6.92 Å². The third kappa shape index (κ3) is 2.37. The molecule has 0 unspecified atom stereocenters. The summed E-state index contributed by atoms with van der Waals surface area (Å²) in [4.78, 5) is 0. The van der Waals surface area contributed by atoms with Crippen molar-refractivity contribution in [2.75, 3.05) is 0 Å². The summed E-state index contributed by atoms with van der Waals surface area (Å²) in [6.45, 7) is 5.33. The molecule has 72 valence electrons. The van der Waals surface area contributed by atoms with Gasteiger partial charge in [0.25, 0.3) is 5.89 Å². The lowest BCUT2D eigenvalue weighted by molar-refractivity contribution is 0.465. The lowest BCUT2D eigenvalue weighted by Gasteiger charge is -1.91. The standard InChI is InChI=1S/C9H13FN2O/c1-4-5-7-11-12-9(13-7)8(10)6(2)3/h4-5H2,1-3H3. The van der Waals surface area contributed by atoms with Gasteiger partial charge in [0.15, 0.2) is 5.83 Å². The highest BCUT2D eigenvalue weighted by Crippen LogP contribution is 2.18. The maximum absolute atomic E-state index is 13.2. The van der Waals surface area contributed by atoms with Crippen molar-refractivity contribution in [3.63, 3.8) is 0 Å². The van der Waals surface area contributed by atoms with Crippen molar-refractivity contribution in [2.45, 2.75) is 33.6 Å². The van der Waals surface area contributed by atoms with Gasteiger partial charge < -0.3 is 4.42 Å². The summed E-state index contributed by atoms with van der Waals surface area (Å²) in [7, 11) is 0. The molecule has 0 aliphatic rings. The Labute approximate surface area is 76.7 Å². The maximum Gasteiger partial charge on any atom is 0.276 e. The fraction of sp³-hybridized carbons (Fsp3) is 0.556. The highest BCUT2D eigenvalue weighted by atomic mass is 19.1. The molecule has 0 saturated heterocycles. The van der Waals surface area contributed by atoms with E-state index in [0.29, 0.717) is 17.9 Å². The third-order valence-electron chi connectivity index (χ3n) is 1.56. The molecule has 0 radical (unpaired) electrons. The molecular weight excluding hydrogens is 171 g/mol. The van der Waals surface area contributed by atoms with Crippen LogP contribution >= 0.6 is 0 Å². The van der Waals surface area contributed by atoms with Crippen LogP contribution < -0.4 is 0 Å². The second-order valence-electron chi connectivity index (χ2n) is 3.06. The first-order chi connectivity index (χ1) is 6.15. The molecule has 1 aromatic heterocycles. The van der Waals surface area contributed by atoms with Crippen LogP contribution in [0.4, 0.5) is 4.39 Å². The minimum atomic E-state index is -0.421. The number of hydrogen-bond donors (Lipinski definition) is 0. The number of halogens is 1. The van der Waals surface area contributed by atoms with Crippen LogP contribution in [0.5, 0.6) is 0 Å². The molecule has 0 aliphatic heterocycles. The molecular formula is C9H13FN2O. The van der Waals surface area contributed by atoms with Crippen LogP contribution in [0.1, 0.15) is 39.0 Å². The molecule has 3 nitrogen and oxygen atoms in total. The molecule has 0 aromatic carbocycles. The van der Waals surface area contributed by atoms with E-state index in [0.717, 1.165) is 6.42 Å². The average Bonchev–Trinajstić information content (AvgIpc) is 2.52.